The average Bonchev–Trinajstić information content (AvgIpc) is 2.08. The van der Waals surface area contributed by atoms with Gasteiger partial charge in [0.05, 0.1) is 6.54 Å². The second-order valence-corrected chi connectivity index (χ2v) is 3.63. The van der Waals surface area contributed by atoms with E-state index >= 15 is 0 Å². The molecule has 0 aliphatic heterocycles. The van der Waals surface area contributed by atoms with Crippen LogP contribution in [0.3, 0.4) is 0 Å². The van der Waals surface area contributed by atoms with Gasteiger partial charge in [-0.15, -0.1) is 0 Å². The molecule has 90 valence electrons. The number of benzene rings is 1. The van der Waals surface area contributed by atoms with Gasteiger partial charge < -0.3 is 5.73 Å². The molecule has 2 nitrogen and oxygen atoms in total. The van der Waals surface area contributed by atoms with Crippen molar-refractivity contribution in [3.63, 3.8) is 0 Å². The number of rotatable bonds is 3. The predicted octanol–water partition coefficient (Wildman–Crippen LogP) is 2.40. The van der Waals surface area contributed by atoms with E-state index in [0.717, 1.165) is 11.0 Å². The maximum Gasteiger partial charge on any atom is 0.401 e. The van der Waals surface area contributed by atoms with Crippen LogP contribution in [0.25, 0.3) is 0 Å². The lowest BCUT2D eigenvalue weighted by Crippen LogP contribution is -2.30. The van der Waals surface area contributed by atoms with Gasteiger partial charge in [-0.3, -0.25) is 4.90 Å². The summed E-state index contributed by atoms with van der Waals surface area (Å²) in [6, 6.07) is 3.65. The minimum atomic E-state index is -4.27. The van der Waals surface area contributed by atoms with Crippen molar-refractivity contribution < 1.29 is 17.6 Å². The summed E-state index contributed by atoms with van der Waals surface area (Å²) >= 11 is 0. The number of nitrogen functional groups attached to an aromatic ring is 1. The van der Waals surface area contributed by atoms with E-state index in [9.17, 15) is 17.6 Å². The first kappa shape index (κ1) is 12.8. The van der Waals surface area contributed by atoms with Crippen molar-refractivity contribution in [3.8, 4) is 0 Å². The van der Waals surface area contributed by atoms with Crippen LogP contribution in [0.1, 0.15) is 5.56 Å². The number of hydrogen-bond acceptors (Lipinski definition) is 2. The second kappa shape index (κ2) is 4.69. The molecule has 0 saturated carbocycles. The van der Waals surface area contributed by atoms with E-state index < -0.39 is 18.5 Å². The Labute approximate surface area is 90.7 Å². The fourth-order valence-corrected chi connectivity index (χ4v) is 1.36. The molecule has 1 aromatic carbocycles. The Morgan fingerprint density at radius 3 is 2.50 bits per heavy atom. The highest BCUT2D eigenvalue weighted by Gasteiger charge is 2.29. The summed E-state index contributed by atoms with van der Waals surface area (Å²) in [6.45, 7) is -1.09. The summed E-state index contributed by atoms with van der Waals surface area (Å²) in [7, 11) is 1.30. The molecule has 0 aliphatic carbocycles. The van der Waals surface area contributed by atoms with Crippen molar-refractivity contribution in [2.24, 2.45) is 0 Å². The molecule has 1 aromatic rings. The Hall–Kier alpha value is -1.30. The van der Waals surface area contributed by atoms with Crippen LogP contribution in [0.15, 0.2) is 18.2 Å². The zero-order valence-corrected chi connectivity index (χ0v) is 8.68. The molecule has 16 heavy (non-hydrogen) atoms. The zero-order valence-electron chi connectivity index (χ0n) is 8.68. The number of halogens is 4. The Morgan fingerprint density at radius 2 is 1.94 bits per heavy atom. The standard InChI is InChI=1S/C10H12F4N2/c1-16(6-10(12,13)14)5-7-4-8(11)2-3-9(7)15/h2-4H,5-6,15H2,1H3. The quantitative estimate of drug-likeness (QED) is 0.645. The van der Waals surface area contributed by atoms with E-state index in [1.54, 1.807) is 0 Å². The number of nitrogens with zero attached hydrogens (tertiary/aromatic N) is 1. The molecule has 2 N–H and O–H groups in total. The van der Waals surface area contributed by atoms with Gasteiger partial charge in [-0.1, -0.05) is 0 Å². The smallest absolute Gasteiger partial charge is 0.398 e. The molecule has 0 heterocycles. The van der Waals surface area contributed by atoms with E-state index in [1.807, 2.05) is 0 Å². The van der Waals surface area contributed by atoms with Gasteiger partial charge >= 0.3 is 6.18 Å². The Morgan fingerprint density at radius 1 is 1.31 bits per heavy atom. The first-order chi connectivity index (χ1) is 7.28. The lowest BCUT2D eigenvalue weighted by atomic mass is 10.1. The fourth-order valence-electron chi connectivity index (χ4n) is 1.36. The van der Waals surface area contributed by atoms with Crippen molar-refractivity contribution in [2.45, 2.75) is 12.7 Å². The maximum absolute atomic E-state index is 12.8. The van der Waals surface area contributed by atoms with E-state index in [0.29, 0.717) is 5.56 Å². The minimum absolute atomic E-state index is 0.0386. The molecule has 0 atom stereocenters. The van der Waals surface area contributed by atoms with Gasteiger partial charge in [0.25, 0.3) is 0 Å². The largest absolute Gasteiger partial charge is 0.401 e. The molecule has 0 radical (unpaired) electrons. The summed E-state index contributed by atoms with van der Waals surface area (Å²) in [5, 5.41) is 0. The average molecular weight is 236 g/mol. The van der Waals surface area contributed by atoms with Gasteiger partial charge in [-0.2, -0.15) is 13.2 Å². The molecule has 0 aliphatic rings. The van der Waals surface area contributed by atoms with Gasteiger partial charge in [0.1, 0.15) is 5.82 Å². The van der Waals surface area contributed by atoms with Crippen molar-refractivity contribution in [1.82, 2.24) is 4.90 Å². The second-order valence-electron chi connectivity index (χ2n) is 3.63. The van der Waals surface area contributed by atoms with E-state index in [-0.39, 0.29) is 12.2 Å². The third-order valence-electron chi connectivity index (χ3n) is 1.99. The van der Waals surface area contributed by atoms with Crippen LogP contribution in [-0.4, -0.2) is 24.7 Å². The SMILES string of the molecule is CN(Cc1cc(F)ccc1N)CC(F)(F)F. The molecule has 6 heteroatoms. The van der Waals surface area contributed by atoms with Crippen LogP contribution in [0.2, 0.25) is 0 Å². The van der Waals surface area contributed by atoms with Crippen LogP contribution < -0.4 is 5.73 Å². The predicted molar refractivity (Wildman–Crippen MR) is 53.2 cm³/mol. The van der Waals surface area contributed by atoms with Crippen molar-refractivity contribution in [3.05, 3.63) is 29.6 Å². The number of alkyl halides is 3. The van der Waals surface area contributed by atoms with Crippen LogP contribution in [0.4, 0.5) is 23.2 Å². The number of anilines is 1. The normalized spacial score (nSPS) is 12.1. The third kappa shape index (κ3) is 4.06. The Balaban J connectivity index is 2.69. The Bertz CT molecular complexity index is 362. The van der Waals surface area contributed by atoms with Crippen LogP contribution in [0.5, 0.6) is 0 Å². The highest BCUT2D eigenvalue weighted by atomic mass is 19.4. The van der Waals surface area contributed by atoms with E-state index in [1.165, 1.54) is 19.2 Å². The third-order valence-corrected chi connectivity index (χ3v) is 1.99. The molecular weight excluding hydrogens is 224 g/mol. The van der Waals surface area contributed by atoms with Gasteiger partial charge in [0.15, 0.2) is 0 Å². The van der Waals surface area contributed by atoms with E-state index in [2.05, 4.69) is 0 Å². The maximum atomic E-state index is 12.8. The lowest BCUT2D eigenvalue weighted by molar-refractivity contribution is -0.144. The van der Waals surface area contributed by atoms with Crippen LogP contribution >= 0.6 is 0 Å². The van der Waals surface area contributed by atoms with Crippen molar-refractivity contribution in [1.29, 1.82) is 0 Å². The molecule has 0 saturated heterocycles. The minimum Gasteiger partial charge on any atom is -0.398 e. The molecule has 0 unspecified atom stereocenters. The van der Waals surface area contributed by atoms with Gasteiger partial charge in [0.2, 0.25) is 0 Å². The number of nitrogens with two attached hydrogens (primary N) is 1. The van der Waals surface area contributed by atoms with Gasteiger partial charge in [-0.05, 0) is 30.8 Å². The first-order valence-corrected chi connectivity index (χ1v) is 4.57. The van der Waals surface area contributed by atoms with Crippen LogP contribution in [0, 0.1) is 5.82 Å². The molecule has 0 fully saturated rings. The summed E-state index contributed by atoms with van der Waals surface area (Å²) < 4.78 is 49.0. The van der Waals surface area contributed by atoms with Gasteiger partial charge in [0, 0.05) is 12.2 Å². The summed E-state index contributed by atoms with van der Waals surface area (Å²) in [5.74, 6) is -0.510. The monoisotopic (exact) mass is 236 g/mol. The highest BCUT2D eigenvalue weighted by molar-refractivity contribution is 5.46. The molecule has 0 aromatic heterocycles. The molecular formula is C10H12F4N2. The number of hydrogen-bond donors (Lipinski definition) is 1. The summed E-state index contributed by atoms with van der Waals surface area (Å²) in [4.78, 5) is 1.03. The topological polar surface area (TPSA) is 29.3 Å². The molecule has 0 amide bonds. The van der Waals surface area contributed by atoms with Crippen LogP contribution in [-0.2, 0) is 6.54 Å². The van der Waals surface area contributed by atoms with E-state index in [4.69, 9.17) is 5.73 Å². The molecule has 0 bridgehead atoms. The Kier molecular flexibility index (Phi) is 3.74. The molecule has 1 rings (SSSR count). The van der Waals surface area contributed by atoms with Gasteiger partial charge in [-0.25, -0.2) is 4.39 Å². The fraction of sp³-hybridized carbons (Fsp3) is 0.400. The lowest BCUT2D eigenvalue weighted by Gasteiger charge is -2.19. The summed E-state index contributed by atoms with van der Waals surface area (Å²) in [6.07, 6.45) is -4.27. The zero-order chi connectivity index (χ0) is 12.3. The van der Waals surface area contributed by atoms with Crippen molar-refractivity contribution in [2.75, 3.05) is 19.3 Å². The molecule has 0 spiro atoms. The van der Waals surface area contributed by atoms with Crippen molar-refractivity contribution >= 4 is 5.69 Å². The first-order valence-electron chi connectivity index (χ1n) is 4.57. The highest BCUT2D eigenvalue weighted by Crippen LogP contribution is 2.19. The summed E-state index contributed by atoms with van der Waals surface area (Å²) in [5.41, 5.74) is 6.17.